The van der Waals surface area contributed by atoms with Crippen molar-refractivity contribution in [2.24, 2.45) is 0 Å². The number of ether oxygens (including phenoxy) is 1. The summed E-state index contributed by atoms with van der Waals surface area (Å²) >= 11 is 0. The summed E-state index contributed by atoms with van der Waals surface area (Å²) in [5.74, 6) is 0.537. The van der Waals surface area contributed by atoms with Crippen LogP contribution in [0.3, 0.4) is 0 Å². The lowest BCUT2D eigenvalue weighted by molar-refractivity contribution is -0.120. The van der Waals surface area contributed by atoms with Crippen molar-refractivity contribution in [2.45, 2.75) is 6.92 Å². The molecule has 0 atom stereocenters. The van der Waals surface area contributed by atoms with Gasteiger partial charge in [-0.3, -0.25) is 14.0 Å². The molecule has 1 aliphatic rings. The van der Waals surface area contributed by atoms with Crippen molar-refractivity contribution in [1.29, 1.82) is 0 Å². The summed E-state index contributed by atoms with van der Waals surface area (Å²) in [6.45, 7) is 1.99. The molecule has 3 aromatic rings. The zero-order valence-electron chi connectivity index (χ0n) is 13.3. The number of benzene rings is 1. The number of nitrogens with zero attached hydrogens (tertiary/aromatic N) is 3. The van der Waals surface area contributed by atoms with Gasteiger partial charge in [0.05, 0.1) is 5.69 Å². The molecule has 6 heteroatoms. The molecule has 0 saturated carbocycles. The molecule has 0 unspecified atom stereocenters. The van der Waals surface area contributed by atoms with Gasteiger partial charge in [0, 0.05) is 18.8 Å². The molecule has 0 aliphatic carbocycles. The number of fused-ring (bicyclic) bond motifs is 2. The van der Waals surface area contributed by atoms with Crippen molar-refractivity contribution in [1.82, 2.24) is 9.38 Å². The fourth-order valence-electron chi connectivity index (χ4n) is 2.97. The van der Waals surface area contributed by atoms with Crippen LogP contribution in [-0.4, -0.2) is 35.2 Å². The first-order chi connectivity index (χ1) is 11.6. The highest BCUT2D eigenvalue weighted by atomic mass is 16.5. The highest BCUT2D eigenvalue weighted by Gasteiger charge is 2.24. The maximum atomic E-state index is 11.8. The number of likely N-dealkylation sites (N-methyl/N-ethyl adjacent to an activating group) is 1. The Morgan fingerprint density at radius 1 is 1.29 bits per heavy atom. The molecular weight excluding hydrogens is 306 g/mol. The Bertz CT molecular complexity index is 991. The second-order valence-electron chi connectivity index (χ2n) is 5.77. The van der Waals surface area contributed by atoms with Crippen LogP contribution in [0.25, 0.3) is 16.9 Å². The van der Waals surface area contributed by atoms with E-state index < -0.39 is 0 Å². The average Bonchev–Trinajstić information content (AvgIpc) is 2.98. The first-order valence-corrected chi connectivity index (χ1v) is 7.57. The number of carbonyl (C=O) groups excluding carboxylic acids is 2. The molecule has 0 N–H and O–H groups in total. The minimum absolute atomic E-state index is 0.0377. The SMILES string of the molecule is Cc1cccn2c(C=O)c(-c3ccc4c(c3)N(C)C(=O)CO4)nc12. The van der Waals surface area contributed by atoms with E-state index in [1.165, 1.54) is 0 Å². The van der Waals surface area contributed by atoms with E-state index in [2.05, 4.69) is 4.98 Å². The standard InChI is InChI=1S/C18H15N3O3/c1-11-4-3-7-21-14(9-22)17(19-18(11)21)12-5-6-15-13(8-12)20(2)16(23)10-24-15/h3-9H,10H2,1-2H3. The van der Waals surface area contributed by atoms with Gasteiger partial charge < -0.3 is 9.64 Å². The molecule has 1 amide bonds. The number of hydrogen-bond acceptors (Lipinski definition) is 4. The number of aldehydes is 1. The predicted molar refractivity (Wildman–Crippen MR) is 89.7 cm³/mol. The van der Waals surface area contributed by atoms with Crippen molar-refractivity contribution in [3.63, 3.8) is 0 Å². The molecule has 1 aliphatic heterocycles. The fraction of sp³-hybridized carbons (Fsp3) is 0.167. The van der Waals surface area contributed by atoms with E-state index >= 15 is 0 Å². The Balaban J connectivity index is 1.94. The number of amides is 1. The molecule has 0 radical (unpaired) electrons. The fourth-order valence-corrected chi connectivity index (χ4v) is 2.97. The van der Waals surface area contributed by atoms with E-state index in [0.29, 0.717) is 22.8 Å². The predicted octanol–water partition coefficient (Wildman–Crippen LogP) is 2.48. The van der Waals surface area contributed by atoms with Crippen LogP contribution < -0.4 is 9.64 Å². The molecule has 0 spiro atoms. The second kappa shape index (κ2) is 5.19. The lowest BCUT2D eigenvalue weighted by Crippen LogP contribution is -2.35. The number of pyridine rings is 1. The third-order valence-corrected chi connectivity index (χ3v) is 4.31. The minimum atomic E-state index is -0.110. The number of aromatic nitrogens is 2. The van der Waals surface area contributed by atoms with Gasteiger partial charge in [0.25, 0.3) is 5.91 Å². The zero-order chi connectivity index (χ0) is 16.8. The van der Waals surface area contributed by atoms with Gasteiger partial charge in [-0.05, 0) is 36.8 Å². The Morgan fingerprint density at radius 3 is 2.92 bits per heavy atom. The molecule has 2 aromatic heterocycles. The number of aryl methyl sites for hydroxylation is 1. The van der Waals surface area contributed by atoms with Crippen LogP contribution in [0.2, 0.25) is 0 Å². The Morgan fingerprint density at radius 2 is 2.12 bits per heavy atom. The lowest BCUT2D eigenvalue weighted by atomic mass is 10.1. The van der Waals surface area contributed by atoms with Crippen LogP contribution in [0.5, 0.6) is 5.75 Å². The van der Waals surface area contributed by atoms with Crippen molar-refractivity contribution >= 4 is 23.5 Å². The largest absolute Gasteiger partial charge is 0.482 e. The Labute approximate surface area is 138 Å². The van der Waals surface area contributed by atoms with Gasteiger partial charge >= 0.3 is 0 Å². The molecule has 4 rings (SSSR count). The van der Waals surface area contributed by atoms with Crippen LogP contribution >= 0.6 is 0 Å². The molecule has 1 aromatic carbocycles. The summed E-state index contributed by atoms with van der Waals surface area (Å²) in [5.41, 5.74) is 4.25. The third kappa shape index (κ3) is 2.00. The van der Waals surface area contributed by atoms with Gasteiger partial charge in [-0.1, -0.05) is 6.07 Å². The van der Waals surface area contributed by atoms with E-state index in [4.69, 9.17) is 4.74 Å². The molecular formula is C18H15N3O3. The topological polar surface area (TPSA) is 63.9 Å². The summed E-state index contributed by atoms with van der Waals surface area (Å²) < 4.78 is 7.23. The van der Waals surface area contributed by atoms with Gasteiger partial charge in [-0.25, -0.2) is 4.98 Å². The molecule has 0 bridgehead atoms. The van der Waals surface area contributed by atoms with Crippen molar-refractivity contribution in [3.05, 3.63) is 47.8 Å². The quantitative estimate of drug-likeness (QED) is 0.680. The second-order valence-corrected chi connectivity index (χ2v) is 5.77. The van der Waals surface area contributed by atoms with Crippen LogP contribution in [0.1, 0.15) is 16.1 Å². The minimum Gasteiger partial charge on any atom is -0.482 e. The monoisotopic (exact) mass is 321 g/mol. The first kappa shape index (κ1) is 14.4. The lowest BCUT2D eigenvalue weighted by Gasteiger charge is -2.26. The summed E-state index contributed by atoms with van der Waals surface area (Å²) in [6.07, 6.45) is 2.62. The van der Waals surface area contributed by atoms with Gasteiger partial charge in [0.2, 0.25) is 0 Å². The first-order valence-electron chi connectivity index (χ1n) is 7.57. The number of carbonyl (C=O) groups is 2. The smallest absolute Gasteiger partial charge is 0.264 e. The Kier molecular flexibility index (Phi) is 3.13. The normalized spacial score (nSPS) is 13.8. The van der Waals surface area contributed by atoms with Crippen molar-refractivity contribution in [2.75, 3.05) is 18.6 Å². The zero-order valence-corrected chi connectivity index (χ0v) is 13.3. The van der Waals surface area contributed by atoms with Gasteiger partial charge in [0.15, 0.2) is 12.9 Å². The highest BCUT2D eigenvalue weighted by molar-refractivity contribution is 5.98. The third-order valence-electron chi connectivity index (χ3n) is 4.31. The van der Waals surface area contributed by atoms with Crippen LogP contribution in [0, 0.1) is 6.92 Å². The summed E-state index contributed by atoms with van der Waals surface area (Å²) in [6, 6.07) is 9.32. The van der Waals surface area contributed by atoms with E-state index in [1.807, 2.05) is 37.4 Å². The number of anilines is 1. The molecule has 24 heavy (non-hydrogen) atoms. The number of imidazole rings is 1. The molecule has 0 saturated heterocycles. The van der Waals surface area contributed by atoms with Gasteiger partial charge in [0.1, 0.15) is 22.8 Å². The summed E-state index contributed by atoms with van der Waals surface area (Å²) in [7, 11) is 1.71. The maximum Gasteiger partial charge on any atom is 0.264 e. The van der Waals surface area contributed by atoms with Crippen LogP contribution in [0.15, 0.2) is 36.5 Å². The average molecular weight is 321 g/mol. The van der Waals surface area contributed by atoms with E-state index in [9.17, 15) is 9.59 Å². The number of hydrogen-bond donors (Lipinski definition) is 0. The van der Waals surface area contributed by atoms with Crippen molar-refractivity contribution < 1.29 is 14.3 Å². The molecule has 6 nitrogen and oxygen atoms in total. The number of rotatable bonds is 2. The van der Waals surface area contributed by atoms with Crippen LogP contribution in [0.4, 0.5) is 5.69 Å². The highest BCUT2D eigenvalue weighted by Crippen LogP contribution is 2.36. The summed E-state index contributed by atoms with van der Waals surface area (Å²) in [5, 5.41) is 0. The molecule has 120 valence electrons. The maximum absolute atomic E-state index is 11.8. The molecule has 0 fully saturated rings. The van der Waals surface area contributed by atoms with E-state index in [0.717, 1.165) is 23.1 Å². The van der Waals surface area contributed by atoms with Gasteiger partial charge in [-0.15, -0.1) is 0 Å². The van der Waals surface area contributed by atoms with Crippen molar-refractivity contribution in [3.8, 4) is 17.0 Å². The van der Waals surface area contributed by atoms with E-state index in [-0.39, 0.29) is 12.5 Å². The summed E-state index contributed by atoms with van der Waals surface area (Å²) in [4.78, 5) is 29.7. The van der Waals surface area contributed by atoms with E-state index in [1.54, 1.807) is 22.4 Å². The van der Waals surface area contributed by atoms with Crippen LogP contribution in [-0.2, 0) is 4.79 Å². The van der Waals surface area contributed by atoms with Gasteiger partial charge in [-0.2, -0.15) is 0 Å². The Hall–Kier alpha value is -3.15. The molecule has 3 heterocycles.